The van der Waals surface area contributed by atoms with E-state index in [2.05, 4.69) is 5.32 Å². The molecule has 20 heavy (non-hydrogen) atoms. The molecule has 0 aromatic carbocycles. The molecule has 1 saturated heterocycles. The third kappa shape index (κ3) is 3.88. The van der Waals surface area contributed by atoms with Crippen molar-refractivity contribution < 1.29 is 4.79 Å². The third-order valence-corrected chi connectivity index (χ3v) is 6.20. The van der Waals surface area contributed by atoms with Crippen molar-refractivity contribution >= 4 is 34.9 Å². The van der Waals surface area contributed by atoms with Gasteiger partial charge in [0.1, 0.15) is 0 Å². The molecule has 0 radical (unpaired) electrons. The number of carbonyl (C=O) groups excluding carboxylic acids is 1. The fourth-order valence-electron chi connectivity index (χ4n) is 3.27. The van der Waals surface area contributed by atoms with Crippen molar-refractivity contribution in [2.75, 3.05) is 18.1 Å². The highest BCUT2D eigenvalue weighted by molar-refractivity contribution is 7.99. The maximum atomic E-state index is 12.7. The van der Waals surface area contributed by atoms with Crippen molar-refractivity contribution in [1.82, 2.24) is 5.32 Å². The fourth-order valence-corrected chi connectivity index (χ4v) is 4.78. The van der Waals surface area contributed by atoms with Gasteiger partial charge in [-0.25, -0.2) is 0 Å². The molecule has 2 fully saturated rings. The molecule has 0 unspecified atom stereocenters. The van der Waals surface area contributed by atoms with Crippen LogP contribution in [-0.2, 0) is 4.79 Å². The zero-order valence-corrected chi connectivity index (χ0v) is 13.8. The van der Waals surface area contributed by atoms with Crippen LogP contribution in [-0.4, -0.2) is 28.9 Å². The Morgan fingerprint density at radius 1 is 1.20 bits per heavy atom. The minimum atomic E-state index is -0.574. The van der Waals surface area contributed by atoms with Crippen LogP contribution >= 0.6 is 24.0 Å². The molecule has 0 aromatic rings. The van der Waals surface area contributed by atoms with Gasteiger partial charge in [-0.15, -0.1) is 0 Å². The lowest BCUT2D eigenvalue weighted by atomic mass is 9.79. The zero-order valence-electron chi connectivity index (χ0n) is 12.2. The fraction of sp³-hybridized carbons (Fsp3) is 0.867. The molecule has 1 amide bonds. The molecule has 1 aliphatic carbocycles. The Bertz CT molecular complexity index is 346. The van der Waals surface area contributed by atoms with Gasteiger partial charge in [0.25, 0.3) is 0 Å². The summed E-state index contributed by atoms with van der Waals surface area (Å²) in [4.78, 5) is 13.1. The molecular weight excluding hydrogens is 288 g/mol. The number of rotatable bonds is 4. The van der Waals surface area contributed by atoms with Gasteiger partial charge in [0, 0.05) is 6.54 Å². The molecular formula is C15H26N2OS2. The Hall–Kier alpha value is -0.290. The molecule has 1 saturated carbocycles. The summed E-state index contributed by atoms with van der Waals surface area (Å²) in [6.07, 6.45) is 8.59. The van der Waals surface area contributed by atoms with Gasteiger partial charge in [0.15, 0.2) is 0 Å². The highest BCUT2D eigenvalue weighted by atomic mass is 32.2. The topological polar surface area (TPSA) is 55.1 Å². The molecule has 0 atom stereocenters. The minimum Gasteiger partial charge on any atom is -0.392 e. The average molecular weight is 315 g/mol. The molecule has 3 nitrogen and oxygen atoms in total. The number of nitrogens with two attached hydrogens (primary N) is 1. The highest BCUT2D eigenvalue weighted by Crippen LogP contribution is 2.36. The molecule has 1 heterocycles. The van der Waals surface area contributed by atoms with E-state index in [4.69, 9.17) is 18.0 Å². The van der Waals surface area contributed by atoms with E-state index >= 15 is 0 Å². The van der Waals surface area contributed by atoms with Crippen LogP contribution in [0.15, 0.2) is 0 Å². The van der Waals surface area contributed by atoms with Crippen LogP contribution in [0.4, 0.5) is 0 Å². The molecule has 2 aliphatic rings. The van der Waals surface area contributed by atoms with Crippen LogP contribution in [0.2, 0.25) is 0 Å². The van der Waals surface area contributed by atoms with Crippen molar-refractivity contribution in [1.29, 1.82) is 0 Å². The summed E-state index contributed by atoms with van der Waals surface area (Å²) in [6, 6.07) is 0. The van der Waals surface area contributed by atoms with Crippen LogP contribution in [0, 0.1) is 11.3 Å². The number of amides is 1. The predicted molar refractivity (Wildman–Crippen MR) is 90.0 cm³/mol. The Morgan fingerprint density at radius 2 is 1.80 bits per heavy atom. The van der Waals surface area contributed by atoms with E-state index in [-0.39, 0.29) is 5.91 Å². The molecule has 0 bridgehead atoms. The quantitative estimate of drug-likeness (QED) is 0.619. The maximum Gasteiger partial charge on any atom is 0.233 e. The molecule has 0 spiro atoms. The zero-order chi connectivity index (χ0) is 14.4. The number of hydrogen-bond acceptors (Lipinski definition) is 3. The lowest BCUT2D eigenvalue weighted by Gasteiger charge is -2.31. The molecule has 2 rings (SSSR count). The van der Waals surface area contributed by atoms with E-state index in [1.165, 1.54) is 37.2 Å². The molecule has 5 heteroatoms. The van der Waals surface area contributed by atoms with E-state index in [1.54, 1.807) is 0 Å². The standard InChI is InChI=1S/C15H26N2OS2/c16-13(19)15(7-3-1-2-4-8-15)14(18)17-11-12-5-9-20-10-6-12/h12H,1-11H2,(H2,16,19)(H,17,18). The molecule has 1 aliphatic heterocycles. The first-order valence-corrected chi connectivity index (χ1v) is 9.37. The molecule has 114 valence electrons. The van der Waals surface area contributed by atoms with Gasteiger partial charge < -0.3 is 11.1 Å². The Kier molecular flexibility index (Phi) is 6.15. The van der Waals surface area contributed by atoms with Crippen molar-refractivity contribution in [3.63, 3.8) is 0 Å². The van der Waals surface area contributed by atoms with E-state index in [0.29, 0.717) is 10.9 Å². The van der Waals surface area contributed by atoms with Gasteiger partial charge in [-0.1, -0.05) is 37.9 Å². The van der Waals surface area contributed by atoms with Gasteiger partial charge in [0.2, 0.25) is 5.91 Å². The Labute approximate surface area is 131 Å². The third-order valence-electron chi connectivity index (χ3n) is 4.76. The summed E-state index contributed by atoms with van der Waals surface area (Å²) < 4.78 is 0. The highest BCUT2D eigenvalue weighted by Gasteiger charge is 2.41. The summed E-state index contributed by atoms with van der Waals surface area (Å²) in [7, 11) is 0. The monoisotopic (exact) mass is 314 g/mol. The van der Waals surface area contributed by atoms with E-state index in [0.717, 1.165) is 32.2 Å². The van der Waals surface area contributed by atoms with Crippen molar-refractivity contribution in [3.05, 3.63) is 0 Å². The number of thioether (sulfide) groups is 1. The van der Waals surface area contributed by atoms with E-state index < -0.39 is 5.41 Å². The largest absolute Gasteiger partial charge is 0.392 e. The second-order valence-corrected chi connectivity index (χ2v) is 7.79. The first-order valence-electron chi connectivity index (χ1n) is 7.81. The maximum absolute atomic E-state index is 12.7. The lowest BCUT2D eigenvalue weighted by molar-refractivity contribution is -0.128. The van der Waals surface area contributed by atoms with Crippen LogP contribution in [0.1, 0.15) is 51.4 Å². The Balaban J connectivity index is 1.94. The SMILES string of the molecule is NC(=S)C1(C(=O)NCC2CCSCC2)CCCCCC1. The van der Waals surface area contributed by atoms with Crippen LogP contribution in [0.3, 0.4) is 0 Å². The summed E-state index contributed by atoms with van der Waals surface area (Å²) in [6.45, 7) is 0.795. The van der Waals surface area contributed by atoms with Crippen LogP contribution < -0.4 is 11.1 Å². The summed E-state index contributed by atoms with van der Waals surface area (Å²) >= 11 is 7.26. The molecule has 3 N–H and O–H groups in total. The van der Waals surface area contributed by atoms with Crippen LogP contribution in [0.5, 0.6) is 0 Å². The van der Waals surface area contributed by atoms with Gasteiger partial charge in [-0.05, 0) is 43.1 Å². The normalized spacial score (nSPS) is 23.8. The summed E-state index contributed by atoms with van der Waals surface area (Å²) in [5.74, 6) is 3.17. The summed E-state index contributed by atoms with van der Waals surface area (Å²) in [5, 5.41) is 3.16. The van der Waals surface area contributed by atoms with Gasteiger partial charge >= 0.3 is 0 Å². The second kappa shape index (κ2) is 7.64. The van der Waals surface area contributed by atoms with Crippen molar-refractivity contribution in [2.24, 2.45) is 17.1 Å². The van der Waals surface area contributed by atoms with Gasteiger partial charge in [-0.2, -0.15) is 11.8 Å². The number of thiocarbonyl (C=S) groups is 1. The van der Waals surface area contributed by atoms with Gasteiger partial charge in [-0.3, -0.25) is 4.79 Å². The molecule has 0 aromatic heterocycles. The minimum absolute atomic E-state index is 0.0881. The second-order valence-electron chi connectivity index (χ2n) is 6.13. The smallest absolute Gasteiger partial charge is 0.233 e. The van der Waals surface area contributed by atoms with E-state index in [1.807, 2.05) is 11.8 Å². The lowest BCUT2D eigenvalue weighted by Crippen LogP contribution is -2.49. The van der Waals surface area contributed by atoms with Crippen molar-refractivity contribution in [2.45, 2.75) is 51.4 Å². The number of hydrogen-bond donors (Lipinski definition) is 2. The Morgan fingerprint density at radius 3 is 2.35 bits per heavy atom. The average Bonchev–Trinajstić information content (AvgIpc) is 2.72. The first-order chi connectivity index (χ1) is 9.65. The number of nitrogens with one attached hydrogen (secondary N) is 1. The van der Waals surface area contributed by atoms with Crippen molar-refractivity contribution in [3.8, 4) is 0 Å². The van der Waals surface area contributed by atoms with Crippen LogP contribution in [0.25, 0.3) is 0 Å². The summed E-state index contributed by atoms with van der Waals surface area (Å²) in [5.41, 5.74) is 5.37. The predicted octanol–water partition coefficient (Wildman–Crippen LogP) is 2.87. The first kappa shape index (κ1) is 16.1. The van der Waals surface area contributed by atoms with Gasteiger partial charge in [0.05, 0.1) is 10.4 Å². The van der Waals surface area contributed by atoms with E-state index in [9.17, 15) is 4.79 Å². The number of carbonyl (C=O) groups is 1.